The van der Waals surface area contributed by atoms with Crippen molar-refractivity contribution in [1.82, 2.24) is 0 Å². The third-order valence-electron chi connectivity index (χ3n) is 12.4. The molecular weight excluding hydrogens is 1070 g/mol. The van der Waals surface area contributed by atoms with Crippen LogP contribution in [0.2, 0.25) is 0 Å². The number of aliphatic hydroxyl groups is 2. The van der Waals surface area contributed by atoms with Gasteiger partial charge in [0, 0.05) is 7.26 Å². The van der Waals surface area contributed by atoms with Crippen LogP contribution in [0.3, 0.4) is 0 Å². The summed E-state index contributed by atoms with van der Waals surface area (Å²) in [5, 5.41) is 22.7. The number of unbranched alkanes of at least 4 members (excludes halogenated alkanes) is 4. The minimum Gasteiger partial charge on any atom is -0.744 e. The van der Waals surface area contributed by atoms with Gasteiger partial charge < -0.3 is 33.5 Å². The van der Waals surface area contributed by atoms with E-state index in [1.165, 1.54) is 91.8 Å². The Kier molecular flexibility index (Phi) is 29.9. The molecular formula is C60H76O14P2S2. The van der Waals surface area contributed by atoms with Crippen LogP contribution in [0.15, 0.2) is 174 Å². The summed E-state index contributed by atoms with van der Waals surface area (Å²) < 4.78 is 78.5. The molecule has 422 valence electrons. The average molecular weight is 1150 g/mol. The Labute approximate surface area is 463 Å². The Hall–Kier alpha value is -5.67. The molecule has 18 heteroatoms. The van der Waals surface area contributed by atoms with E-state index < -0.39 is 75.7 Å². The standard InChI is InChI=1S/C24H20P.C16H36P.C12H14O9S.C8H8O5S/c1-5-13-21(14-6-1)25(22-15-7-2-8-16-22,23-17-9-3-10-18-23)24-19-11-4-12-20-24;1-5-9-13-17(14-10-6-2,15-11-7-3)16-12-8-4;13-1-3-20-11(15)8-5-9(12(16)21-4-2-14)7-10(6-8)22(17,18)19;1-13-8(9)6-3-2-4-7(5-6)14(10,11)12/h1-20H;5-16H2,1-4H3;5-7,13-14H,1-4H2,(H,17,18,19);2-5H,1H3,(H,10,11,12)/q2*+1;;/p-2. The van der Waals surface area contributed by atoms with E-state index in [2.05, 4.69) is 163 Å². The Morgan fingerprint density at radius 2 is 0.756 bits per heavy atom. The predicted octanol–water partition coefficient (Wildman–Crippen LogP) is 9.78. The van der Waals surface area contributed by atoms with Crippen LogP contribution in [-0.2, 0) is 34.4 Å². The van der Waals surface area contributed by atoms with Gasteiger partial charge in [-0.15, -0.1) is 0 Å². The fraction of sp³-hybridized carbons (Fsp3) is 0.350. The summed E-state index contributed by atoms with van der Waals surface area (Å²) in [5.74, 6) is -2.72. The number of rotatable bonds is 25. The number of benzene rings is 6. The van der Waals surface area contributed by atoms with Gasteiger partial charge in [0.05, 0.1) is 71.5 Å². The summed E-state index contributed by atoms with van der Waals surface area (Å²) in [6.45, 7) is 7.85. The van der Waals surface area contributed by atoms with E-state index in [1.807, 2.05) is 0 Å². The molecule has 6 aromatic carbocycles. The molecule has 0 aliphatic carbocycles. The first-order valence-electron chi connectivity index (χ1n) is 26.2. The molecule has 6 aromatic rings. The van der Waals surface area contributed by atoms with E-state index in [9.17, 15) is 40.3 Å². The van der Waals surface area contributed by atoms with Gasteiger partial charge >= 0.3 is 17.9 Å². The lowest BCUT2D eigenvalue weighted by Gasteiger charge is -2.28. The number of carbonyl (C=O) groups excluding carboxylic acids is 3. The summed E-state index contributed by atoms with van der Waals surface area (Å²) >= 11 is 0. The van der Waals surface area contributed by atoms with Crippen molar-refractivity contribution in [3.8, 4) is 0 Å². The van der Waals surface area contributed by atoms with Gasteiger partial charge in [0.15, 0.2) is 0 Å². The first-order valence-corrected chi connectivity index (χ1v) is 33.3. The predicted molar refractivity (Wildman–Crippen MR) is 312 cm³/mol. The topological polar surface area (TPSA) is 234 Å². The van der Waals surface area contributed by atoms with Crippen molar-refractivity contribution in [2.45, 2.75) is 88.9 Å². The lowest BCUT2D eigenvalue weighted by Crippen LogP contribution is -2.38. The molecule has 14 nitrogen and oxygen atoms in total. The molecule has 0 amide bonds. The zero-order valence-corrected chi connectivity index (χ0v) is 48.8. The molecule has 0 unspecified atom stereocenters. The zero-order chi connectivity index (χ0) is 57.5. The van der Waals surface area contributed by atoms with Crippen molar-refractivity contribution in [3.05, 3.63) is 180 Å². The van der Waals surface area contributed by atoms with Gasteiger partial charge in [-0.1, -0.05) is 132 Å². The normalized spacial score (nSPS) is 11.3. The quantitative estimate of drug-likeness (QED) is 0.0235. The Bertz CT molecular complexity index is 2690. The van der Waals surface area contributed by atoms with Gasteiger partial charge in [0.25, 0.3) is 0 Å². The molecule has 78 heavy (non-hydrogen) atoms. The van der Waals surface area contributed by atoms with Crippen molar-refractivity contribution in [2.24, 2.45) is 0 Å². The van der Waals surface area contributed by atoms with Crippen molar-refractivity contribution < 1.29 is 64.7 Å². The molecule has 0 aliphatic rings. The van der Waals surface area contributed by atoms with E-state index in [0.717, 1.165) is 30.3 Å². The maximum absolute atomic E-state index is 11.6. The number of methoxy groups -OCH3 is 1. The van der Waals surface area contributed by atoms with Gasteiger partial charge in [0.2, 0.25) is 0 Å². The Morgan fingerprint density at radius 3 is 1.04 bits per heavy atom. The largest absolute Gasteiger partial charge is 0.744 e. The highest BCUT2D eigenvalue weighted by Crippen LogP contribution is 2.61. The molecule has 0 spiro atoms. The molecule has 0 aliphatic heterocycles. The summed E-state index contributed by atoms with van der Waals surface area (Å²) in [4.78, 5) is 33.0. The van der Waals surface area contributed by atoms with Crippen LogP contribution in [0.1, 0.15) is 110 Å². The first-order chi connectivity index (χ1) is 37.4. The highest BCUT2D eigenvalue weighted by molar-refractivity contribution is 8.01. The number of aliphatic hydroxyl groups excluding tert-OH is 2. The first kappa shape index (κ1) is 66.6. The van der Waals surface area contributed by atoms with Crippen LogP contribution >= 0.6 is 14.5 Å². The van der Waals surface area contributed by atoms with Crippen molar-refractivity contribution in [2.75, 3.05) is 58.2 Å². The van der Waals surface area contributed by atoms with E-state index in [-0.39, 0.29) is 29.9 Å². The smallest absolute Gasteiger partial charge is 0.338 e. The van der Waals surface area contributed by atoms with Gasteiger partial charge in [-0.2, -0.15) is 0 Å². The van der Waals surface area contributed by atoms with Gasteiger partial charge in [-0.05, 0) is 111 Å². The second-order valence-corrected chi connectivity index (χ2v) is 28.7. The molecule has 0 radical (unpaired) electrons. The molecule has 0 saturated heterocycles. The SMILES string of the molecule is CCCC[P+](CCCC)(CCCC)CCCC.COC(=O)c1cccc(S(=O)(=O)[O-])c1.O=C(OCCO)c1cc(C(=O)OCCO)cc(S(=O)(=O)[O-])c1.c1ccc([P+](c2ccccc2)(c2ccccc2)c2ccccc2)cc1. The molecule has 0 saturated carbocycles. The number of hydrogen-bond donors (Lipinski definition) is 2. The Morgan fingerprint density at radius 1 is 0.436 bits per heavy atom. The lowest BCUT2D eigenvalue weighted by molar-refractivity contribution is 0.0428. The summed E-state index contributed by atoms with van der Waals surface area (Å²) in [6.07, 6.45) is 17.9. The monoisotopic (exact) mass is 1150 g/mol. The maximum Gasteiger partial charge on any atom is 0.338 e. The number of esters is 3. The fourth-order valence-corrected chi connectivity index (χ4v) is 19.1. The number of carbonyl (C=O) groups is 3. The molecule has 0 aromatic heterocycles. The van der Waals surface area contributed by atoms with Crippen LogP contribution in [0, 0.1) is 0 Å². The third kappa shape index (κ3) is 21.2. The van der Waals surface area contributed by atoms with Crippen LogP contribution < -0.4 is 21.2 Å². The molecule has 0 fully saturated rings. The number of ether oxygens (including phenoxy) is 3. The van der Waals surface area contributed by atoms with Crippen molar-refractivity contribution in [3.63, 3.8) is 0 Å². The van der Waals surface area contributed by atoms with Crippen LogP contribution in [0.25, 0.3) is 0 Å². The van der Waals surface area contributed by atoms with Gasteiger partial charge in [0.1, 0.15) is 61.9 Å². The van der Waals surface area contributed by atoms with E-state index in [0.29, 0.717) is 0 Å². The van der Waals surface area contributed by atoms with Crippen molar-refractivity contribution >= 4 is 73.9 Å². The molecule has 6 rings (SSSR count). The zero-order valence-electron chi connectivity index (χ0n) is 45.4. The summed E-state index contributed by atoms with van der Waals surface area (Å²) in [5.41, 5.74) is -0.688. The molecule has 2 N–H and O–H groups in total. The fourth-order valence-electron chi connectivity index (χ4n) is 8.46. The second-order valence-electron chi connectivity index (χ2n) is 18.1. The van der Waals surface area contributed by atoms with E-state index in [4.69, 9.17) is 10.2 Å². The van der Waals surface area contributed by atoms with Crippen molar-refractivity contribution in [1.29, 1.82) is 0 Å². The van der Waals surface area contributed by atoms with Crippen LogP contribution in [0.5, 0.6) is 0 Å². The maximum atomic E-state index is 11.6. The molecule has 0 heterocycles. The van der Waals surface area contributed by atoms with E-state index in [1.54, 1.807) is 24.6 Å². The Balaban J connectivity index is 0.000000280. The van der Waals surface area contributed by atoms with Gasteiger partial charge in [-0.25, -0.2) is 31.2 Å². The molecule has 0 bridgehead atoms. The molecule has 0 atom stereocenters. The second kappa shape index (κ2) is 35.1. The summed E-state index contributed by atoms with van der Waals surface area (Å²) in [7, 11) is -10.7. The average Bonchev–Trinajstić information content (AvgIpc) is 3.58. The van der Waals surface area contributed by atoms with E-state index >= 15 is 0 Å². The summed E-state index contributed by atoms with van der Waals surface area (Å²) in [6, 6.07) is 51.1. The number of hydrogen-bond acceptors (Lipinski definition) is 14. The van der Waals surface area contributed by atoms with Crippen LogP contribution in [-0.4, -0.2) is 112 Å². The van der Waals surface area contributed by atoms with Crippen LogP contribution in [0.4, 0.5) is 0 Å². The lowest BCUT2D eigenvalue weighted by atomic mass is 10.1. The minimum atomic E-state index is -4.92. The highest BCUT2D eigenvalue weighted by atomic mass is 32.2. The minimum absolute atomic E-state index is 0.0319. The highest BCUT2D eigenvalue weighted by Gasteiger charge is 2.47. The van der Waals surface area contributed by atoms with Gasteiger partial charge in [-0.3, -0.25) is 0 Å². The third-order valence-corrected chi connectivity index (χ3v) is 23.4.